The fraction of sp³-hybridized carbons (Fsp3) is 0.846. The number of ether oxygens (including phenoxy) is 3. The normalized spacial score (nSPS) is 11.0. The minimum Gasteiger partial charge on any atom is -0.464 e. The van der Waals surface area contributed by atoms with Gasteiger partial charge in [0.15, 0.2) is 0 Å². The molecule has 0 aliphatic heterocycles. The summed E-state index contributed by atoms with van der Waals surface area (Å²) in [6, 6.07) is 0. The van der Waals surface area contributed by atoms with Crippen molar-refractivity contribution in [3.8, 4) is 0 Å². The Morgan fingerprint density at radius 3 is 2.26 bits per heavy atom. The van der Waals surface area contributed by atoms with Crippen LogP contribution in [-0.4, -0.2) is 56.0 Å². The molecular formula is C13H25NO5. The Labute approximate surface area is 115 Å². The fourth-order valence-corrected chi connectivity index (χ4v) is 1.18. The van der Waals surface area contributed by atoms with E-state index in [-0.39, 0.29) is 13.1 Å². The van der Waals surface area contributed by atoms with Gasteiger partial charge < -0.3 is 14.2 Å². The van der Waals surface area contributed by atoms with E-state index in [9.17, 15) is 9.59 Å². The molecule has 0 saturated heterocycles. The van der Waals surface area contributed by atoms with Gasteiger partial charge in [0, 0.05) is 13.7 Å². The lowest BCUT2D eigenvalue weighted by Crippen LogP contribution is -2.42. The molecule has 0 aromatic heterocycles. The number of carbonyl (C=O) groups excluding carboxylic acids is 2. The zero-order valence-corrected chi connectivity index (χ0v) is 12.5. The molecule has 6 nitrogen and oxygen atoms in total. The van der Waals surface area contributed by atoms with E-state index in [4.69, 9.17) is 14.2 Å². The van der Waals surface area contributed by atoms with Crippen molar-refractivity contribution in [2.45, 2.75) is 39.7 Å². The third-order valence-electron chi connectivity index (χ3n) is 2.00. The molecule has 0 bridgehead atoms. The summed E-state index contributed by atoms with van der Waals surface area (Å²) >= 11 is 0. The smallest absolute Gasteiger partial charge is 0.410 e. The van der Waals surface area contributed by atoms with Gasteiger partial charge in [0.1, 0.15) is 12.1 Å². The van der Waals surface area contributed by atoms with Crippen LogP contribution < -0.4 is 0 Å². The Hall–Kier alpha value is -1.30. The maximum absolute atomic E-state index is 11.9. The maximum Gasteiger partial charge on any atom is 0.410 e. The molecule has 0 aliphatic rings. The predicted molar refractivity (Wildman–Crippen MR) is 70.9 cm³/mol. The maximum atomic E-state index is 11.9. The first-order valence-electron chi connectivity index (χ1n) is 6.42. The summed E-state index contributed by atoms with van der Waals surface area (Å²) in [5.74, 6) is -0.441. The third kappa shape index (κ3) is 9.30. The highest BCUT2D eigenvalue weighted by Crippen LogP contribution is 2.10. The lowest BCUT2D eigenvalue weighted by molar-refractivity contribution is -0.145. The lowest BCUT2D eigenvalue weighted by atomic mass is 10.2. The highest BCUT2D eigenvalue weighted by Gasteiger charge is 2.24. The molecule has 0 fully saturated rings. The Morgan fingerprint density at radius 1 is 1.16 bits per heavy atom. The van der Waals surface area contributed by atoms with E-state index < -0.39 is 17.7 Å². The van der Waals surface area contributed by atoms with Crippen LogP contribution in [0.4, 0.5) is 4.79 Å². The molecule has 0 aromatic rings. The molecular weight excluding hydrogens is 250 g/mol. The summed E-state index contributed by atoms with van der Waals surface area (Å²) < 4.78 is 15.1. The molecule has 6 heteroatoms. The number of amides is 1. The van der Waals surface area contributed by atoms with Crippen molar-refractivity contribution in [3.63, 3.8) is 0 Å². The van der Waals surface area contributed by atoms with Crippen molar-refractivity contribution < 1.29 is 23.8 Å². The zero-order valence-electron chi connectivity index (χ0n) is 12.5. The average molecular weight is 275 g/mol. The van der Waals surface area contributed by atoms with Gasteiger partial charge in [-0.05, 0) is 27.2 Å². The molecule has 0 unspecified atom stereocenters. The van der Waals surface area contributed by atoms with Crippen LogP contribution in [0.2, 0.25) is 0 Å². The quantitative estimate of drug-likeness (QED) is 0.663. The van der Waals surface area contributed by atoms with Crippen LogP contribution in [0.5, 0.6) is 0 Å². The van der Waals surface area contributed by atoms with Crippen LogP contribution >= 0.6 is 0 Å². The van der Waals surface area contributed by atoms with Gasteiger partial charge in [-0.3, -0.25) is 9.69 Å². The van der Waals surface area contributed by atoms with Crippen molar-refractivity contribution in [1.82, 2.24) is 4.90 Å². The highest BCUT2D eigenvalue weighted by molar-refractivity contribution is 5.78. The first-order chi connectivity index (χ1) is 8.80. The zero-order chi connectivity index (χ0) is 14.9. The molecule has 0 atom stereocenters. The molecule has 0 saturated carbocycles. The molecule has 1 amide bonds. The Bertz CT molecular complexity index is 285. The van der Waals surface area contributed by atoms with Gasteiger partial charge in [-0.1, -0.05) is 6.92 Å². The number of rotatable bonds is 7. The number of nitrogens with zero attached hydrogens (tertiary/aromatic N) is 1. The van der Waals surface area contributed by atoms with Gasteiger partial charge in [-0.2, -0.15) is 0 Å². The van der Waals surface area contributed by atoms with Crippen LogP contribution in [0, 0.1) is 0 Å². The first-order valence-corrected chi connectivity index (χ1v) is 6.42. The standard InChI is InChI=1S/C13H25NO5/c1-6-8-18-11(15)10-14(7-9-17-5)12(16)19-13(2,3)4/h6-10H2,1-5H3. The Kier molecular flexibility index (Phi) is 8.14. The van der Waals surface area contributed by atoms with E-state index in [1.165, 1.54) is 12.0 Å². The predicted octanol–water partition coefficient (Wildman–Crippen LogP) is 1.82. The van der Waals surface area contributed by atoms with Gasteiger partial charge in [0.2, 0.25) is 0 Å². The number of hydrogen-bond acceptors (Lipinski definition) is 5. The summed E-state index contributed by atoms with van der Waals surface area (Å²) in [6.07, 6.45) is 0.203. The molecule has 0 aliphatic carbocycles. The van der Waals surface area contributed by atoms with E-state index >= 15 is 0 Å². The van der Waals surface area contributed by atoms with Gasteiger partial charge in [-0.25, -0.2) is 4.79 Å². The number of hydrogen-bond donors (Lipinski definition) is 0. The van der Waals surface area contributed by atoms with Gasteiger partial charge in [0.05, 0.1) is 13.2 Å². The topological polar surface area (TPSA) is 65.1 Å². The molecule has 0 N–H and O–H groups in total. The summed E-state index contributed by atoms with van der Waals surface area (Å²) in [6.45, 7) is 8.07. The van der Waals surface area contributed by atoms with Crippen molar-refractivity contribution in [2.75, 3.05) is 33.4 Å². The van der Waals surface area contributed by atoms with Crippen molar-refractivity contribution >= 4 is 12.1 Å². The highest BCUT2D eigenvalue weighted by atomic mass is 16.6. The second kappa shape index (κ2) is 8.74. The Morgan fingerprint density at radius 2 is 1.79 bits per heavy atom. The lowest BCUT2D eigenvalue weighted by Gasteiger charge is -2.26. The van der Waals surface area contributed by atoms with Gasteiger partial charge in [-0.15, -0.1) is 0 Å². The summed E-state index contributed by atoms with van der Waals surface area (Å²) in [7, 11) is 1.53. The molecule has 19 heavy (non-hydrogen) atoms. The summed E-state index contributed by atoms with van der Waals surface area (Å²) in [5.41, 5.74) is -0.601. The van der Waals surface area contributed by atoms with Crippen LogP contribution in [-0.2, 0) is 19.0 Å². The van der Waals surface area contributed by atoms with Gasteiger partial charge >= 0.3 is 12.1 Å². The third-order valence-corrected chi connectivity index (χ3v) is 2.00. The van der Waals surface area contributed by atoms with E-state index in [1.807, 2.05) is 6.92 Å². The molecule has 0 radical (unpaired) electrons. The minimum absolute atomic E-state index is 0.127. The second-order valence-corrected chi connectivity index (χ2v) is 5.12. The van der Waals surface area contributed by atoms with Crippen LogP contribution in [0.25, 0.3) is 0 Å². The van der Waals surface area contributed by atoms with Crippen molar-refractivity contribution in [1.29, 1.82) is 0 Å². The summed E-state index contributed by atoms with van der Waals surface area (Å²) in [5, 5.41) is 0. The van der Waals surface area contributed by atoms with E-state index in [0.717, 1.165) is 6.42 Å². The monoisotopic (exact) mass is 275 g/mol. The molecule has 0 spiro atoms. The molecule has 0 rings (SSSR count). The molecule has 112 valence electrons. The Balaban J connectivity index is 4.44. The fourth-order valence-electron chi connectivity index (χ4n) is 1.18. The SMILES string of the molecule is CCCOC(=O)CN(CCOC)C(=O)OC(C)(C)C. The first kappa shape index (κ1) is 17.7. The van der Waals surface area contributed by atoms with Crippen LogP contribution in [0.3, 0.4) is 0 Å². The average Bonchev–Trinajstić information content (AvgIpc) is 2.29. The van der Waals surface area contributed by atoms with Crippen LogP contribution in [0.15, 0.2) is 0 Å². The van der Waals surface area contributed by atoms with E-state index in [2.05, 4.69) is 0 Å². The van der Waals surface area contributed by atoms with Crippen molar-refractivity contribution in [2.24, 2.45) is 0 Å². The van der Waals surface area contributed by atoms with Crippen molar-refractivity contribution in [3.05, 3.63) is 0 Å². The van der Waals surface area contributed by atoms with Crippen LogP contribution in [0.1, 0.15) is 34.1 Å². The second-order valence-electron chi connectivity index (χ2n) is 5.12. The van der Waals surface area contributed by atoms with E-state index in [0.29, 0.717) is 13.2 Å². The largest absolute Gasteiger partial charge is 0.464 e. The molecule has 0 heterocycles. The van der Waals surface area contributed by atoms with Gasteiger partial charge in [0.25, 0.3) is 0 Å². The summed E-state index contributed by atoms with van der Waals surface area (Å²) in [4.78, 5) is 24.7. The number of methoxy groups -OCH3 is 1. The minimum atomic E-state index is -0.601. The molecule has 0 aromatic carbocycles. The van der Waals surface area contributed by atoms with E-state index in [1.54, 1.807) is 20.8 Å². The number of esters is 1. The number of carbonyl (C=O) groups is 2.